The number of fused-ring (bicyclic) bond motifs is 1. The molecular formula is C17H14BrNO2S. The molecule has 3 aromatic rings. The lowest BCUT2D eigenvalue weighted by Crippen LogP contribution is -2.22. The van der Waals surface area contributed by atoms with Crippen LogP contribution in [-0.4, -0.2) is 13.0 Å². The van der Waals surface area contributed by atoms with Crippen molar-refractivity contribution in [1.29, 1.82) is 0 Å². The van der Waals surface area contributed by atoms with Crippen molar-refractivity contribution in [2.24, 2.45) is 0 Å². The number of carbonyl (C=O) groups excluding carboxylic acids is 1. The first-order valence-electron chi connectivity index (χ1n) is 6.76. The zero-order valence-corrected chi connectivity index (χ0v) is 14.3. The zero-order valence-electron chi connectivity index (χ0n) is 11.9. The van der Waals surface area contributed by atoms with Crippen LogP contribution in [0.1, 0.15) is 15.2 Å². The summed E-state index contributed by atoms with van der Waals surface area (Å²) in [7, 11) is 1.64. The van der Waals surface area contributed by atoms with Crippen LogP contribution in [0.3, 0.4) is 0 Å². The van der Waals surface area contributed by atoms with Gasteiger partial charge in [-0.3, -0.25) is 4.79 Å². The molecule has 0 radical (unpaired) electrons. The highest BCUT2D eigenvalue weighted by Crippen LogP contribution is 2.30. The lowest BCUT2D eigenvalue weighted by Gasteiger charge is -2.13. The predicted octanol–water partition coefficient (Wildman–Crippen LogP) is 4.60. The fourth-order valence-corrected chi connectivity index (χ4v) is 3.40. The molecule has 112 valence electrons. The molecule has 1 N–H and O–H groups in total. The maximum atomic E-state index is 12.1. The first kappa shape index (κ1) is 15.1. The molecule has 3 nitrogen and oxygen atoms in total. The Kier molecular flexibility index (Phi) is 4.45. The maximum Gasteiger partial charge on any atom is 0.261 e. The van der Waals surface area contributed by atoms with Gasteiger partial charge in [-0.25, -0.2) is 0 Å². The molecule has 0 unspecified atom stereocenters. The second-order valence-electron chi connectivity index (χ2n) is 4.77. The molecule has 0 bridgehead atoms. The number of thiophene rings is 1. The zero-order chi connectivity index (χ0) is 15.5. The highest BCUT2D eigenvalue weighted by molar-refractivity contribution is 9.10. The number of rotatable bonds is 4. The van der Waals surface area contributed by atoms with Crippen molar-refractivity contribution >= 4 is 43.9 Å². The van der Waals surface area contributed by atoms with Gasteiger partial charge in [-0.1, -0.05) is 34.1 Å². The molecular weight excluding hydrogens is 362 g/mol. The summed E-state index contributed by atoms with van der Waals surface area (Å²) in [5, 5.41) is 7.04. The Morgan fingerprint density at radius 2 is 2.14 bits per heavy atom. The van der Waals surface area contributed by atoms with Gasteiger partial charge in [0.2, 0.25) is 0 Å². The first-order valence-corrected chi connectivity index (χ1v) is 8.43. The number of methoxy groups -OCH3 is 1. The van der Waals surface area contributed by atoms with Crippen LogP contribution in [0.15, 0.2) is 52.3 Å². The Morgan fingerprint density at radius 3 is 2.86 bits per heavy atom. The van der Waals surface area contributed by atoms with E-state index in [-0.39, 0.29) is 5.91 Å². The van der Waals surface area contributed by atoms with E-state index < -0.39 is 0 Å². The third-order valence-corrected chi connectivity index (χ3v) is 4.80. The third-order valence-electron chi connectivity index (χ3n) is 3.44. The van der Waals surface area contributed by atoms with Crippen LogP contribution in [0.4, 0.5) is 0 Å². The monoisotopic (exact) mass is 375 g/mol. The Morgan fingerprint density at radius 1 is 1.27 bits per heavy atom. The molecule has 0 aliphatic rings. The number of hydrogen-bond donors (Lipinski definition) is 1. The molecule has 2 aromatic carbocycles. The third kappa shape index (κ3) is 3.00. The summed E-state index contributed by atoms with van der Waals surface area (Å²) in [5.74, 6) is 0.715. The molecule has 0 aliphatic carbocycles. The van der Waals surface area contributed by atoms with Crippen LogP contribution in [-0.2, 0) is 6.54 Å². The van der Waals surface area contributed by atoms with Gasteiger partial charge in [-0.15, -0.1) is 11.3 Å². The Balaban J connectivity index is 1.93. The number of hydrogen-bond acceptors (Lipinski definition) is 3. The molecule has 3 rings (SSSR count). The minimum atomic E-state index is -0.0637. The molecule has 1 amide bonds. The van der Waals surface area contributed by atoms with Gasteiger partial charge in [0.25, 0.3) is 5.91 Å². The summed E-state index contributed by atoms with van der Waals surface area (Å²) in [6.45, 7) is 0.429. The maximum absolute atomic E-state index is 12.1. The van der Waals surface area contributed by atoms with E-state index in [1.807, 2.05) is 41.8 Å². The van der Waals surface area contributed by atoms with E-state index >= 15 is 0 Å². The average molecular weight is 376 g/mol. The topological polar surface area (TPSA) is 38.3 Å². The van der Waals surface area contributed by atoms with Crippen molar-refractivity contribution in [2.45, 2.75) is 6.54 Å². The number of ether oxygens (including phenoxy) is 1. The van der Waals surface area contributed by atoms with Crippen molar-refractivity contribution in [3.63, 3.8) is 0 Å². The van der Waals surface area contributed by atoms with E-state index in [1.165, 1.54) is 11.3 Å². The van der Waals surface area contributed by atoms with E-state index in [0.717, 1.165) is 26.6 Å². The molecule has 22 heavy (non-hydrogen) atoms. The summed E-state index contributed by atoms with van der Waals surface area (Å²) >= 11 is 4.91. The van der Waals surface area contributed by atoms with E-state index in [4.69, 9.17) is 4.74 Å². The van der Waals surface area contributed by atoms with Gasteiger partial charge in [0.15, 0.2) is 0 Å². The molecule has 1 aromatic heterocycles. The van der Waals surface area contributed by atoms with Crippen molar-refractivity contribution in [3.8, 4) is 5.75 Å². The second-order valence-corrected chi connectivity index (χ2v) is 6.64. The van der Waals surface area contributed by atoms with Crippen LogP contribution in [0, 0.1) is 0 Å². The lowest BCUT2D eigenvalue weighted by molar-refractivity contribution is 0.0955. The summed E-state index contributed by atoms with van der Waals surface area (Å²) in [4.78, 5) is 12.8. The van der Waals surface area contributed by atoms with Gasteiger partial charge in [-0.2, -0.15) is 0 Å². The molecule has 0 spiro atoms. The number of benzene rings is 2. The minimum absolute atomic E-state index is 0.0637. The first-order chi connectivity index (χ1) is 10.7. The molecule has 0 fully saturated rings. The Labute approximate surface area is 141 Å². The summed E-state index contributed by atoms with van der Waals surface area (Å²) in [6.07, 6.45) is 0. The van der Waals surface area contributed by atoms with Gasteiger partial charge >= 0.3 is 0 Å². The number of halogens is 1. The van der Waals surface area contributed by atoms with Crippen molar-refractivity contribution in [2.75, 3.05) is 7.11 Å². The normalized spacial score (nSPS) is 10.6. The summed E-state index contributed by atoms with van der Waals surface area (Å²) < 4.78 is 6.47. The number of amides is 1. The summed E-state index contributed by atoms with van der Waals surface area (Å²) in [6, 6.07) is 13.7. The van der Waals surface area contributed by atoms with Gasteiger partial charge in [0.05, 0.1) is 12.0 Å². The van der Waals surface area contributed by atoms with Gasteiger partial charge < -0.3 is 10.1 Å². The summed E-state index contributed by atoms with van der Waals surface area (Å²) in [5.41, 5.74) is 0.984. The van der Waals surface area contributed by atoms with Crippen LogP contribution in [0.25, 0.3) is 10.8 Å². The minimum Gasteiger partial charge on any atom is -0.496 e. The Bertz CT molecular complexity index is 815. The van der Waals surface area contributed by atoms with Gasteiger partial charge in [0, 0.05) is 16.6 Å². The van der Waals surface area contributed by atoms with Crippen molar-refractivity contribution in [1.82, 2.24) is 5.32 Å². The van der Waals surface area contributed by atoms with Crippen LogP contribution >= 0.6 is 27.3 Å². The fraction of sp³-hybridized carbons (Fsp3) is 0.118. The number of carbonyl (C=O) groups is 1. The average Bonchev–Trinajstić information content (AvgIpc) is 3.06. The molecule has 1 heterocycles. The van der Waals surface area contributed by atoms with Crippen LogP contribution < -0.4 is 10.1 Å². The van der Waals surface area contributed by atoms with Crippen LogP contribution in [0.5, 0.6) is 5.75 Å². The SMILES string of the molecule is COc1ccc2cc(Br)ccc2c1CNC(=O)c1cccs1. The van der Waals surface area contributed by atoms with Crippen molar-refractivity contribution in [3.05, 3.63) is 62.8 Å². The molecule has 0 saturated heterocycles. The van der Waals surface area contributed by atoms with E-state index in [9.17, 15) is 4.79 Å². The molecule has 0 aliphatic heterocycles. The van der Waals surface area contributed by atoms with Crippen molar-refractivity contribution < 1.29 is 9.53 Å². The fourth-order valence-electron chi connectivity index (χ4n) is 2.38. The molecule has 0 saturated carbocycles. The molecule has 5 heteroatoms. The number of nitrogens with one attached hydrogen (secondary N) is 1. The van der Waals surface area contributed by atoms with E-state index in [2.05, 4.69) is 27.3 Å². The highest BCUT2D eigenvalue weighted by Gasteiger charge is 2.11. The standard InChI is InChI=1S/C17H14BrNO2S/c1-21-15-7-4-11-9-12(18)5-6-13(11)14(15)10-19-17(20)16-3-2-8-22-16/h2-9H,10H2,1H3,(H,19,20). The lowest BCUT2D eigenvalue weighted by atomic mass is 10.0. The van der Waals surface area contributed by atoms with Crippen LogP contribution in [0.2, 0.25) is 0 Å². The highest BCUT2D eigenvalue weighted by atomic mass is 79.9. The van der Waals surface area contributed by atoms with Gasteiger partial charge in [-0.05, 0) is 40.4 Å². The molecule has 0 atom stereocenters. The smallest absolute Gasteiger partial charge is 0.261 e. The van der Waals surface area contributed by atoms with E-state index in [1.54, 1.807) is 7.11 Å². The van der Waals surface area contributed by atoms with Gasteiger partial charge in [0.1, 0.15) is 5.75 Å². The van der Waals surface area contributed by atoms with E-state index in [0.29, 0.717) is 11.4 Å². The Hall–Kier alpha value is -1.85. The quantitative estimate of drug-likeness (QED) is 0.723. The second kappa shape index (κ2) is 6.50. The largest absolute Gasteiger partial charge is 0.496 e. The predicted molar refractivity (Wildman–Crippen MR) is 93.7 cm³/mol.